The highest BCUT2D eigenvalue weighted by Gasteiger charge is 2.07. The Labute approximate surface area is 117 Å². The molecule has 1 heterocycles. The van der Waals surface area contributed by atoms with E-state index in [2.05, 4.69) is 27.8 Å². The molecule has 0 aliphatic rings. The summed E-state index contributed by atoms with van der Waals surface area (Å²) in [6, 6.07) is 7.97. The van der Waals surface area contributed by atoms with Crippen LogP contribution in [-0.2, 0) is 17.8 Å². The van der Waals surface area contributed by atoms with E-state index in [-0.39, 0.29) is 5.91 Å². The molecule has 0 fully saturated rings. The number of hydrogen-bond donors (Lipinski definition) is 2. The molecule has 106 valence electrons. The quantitative estimate of drug-likeness (QED) is 0.846. The molecule has 1 aromatic carbocycles. The Morgan fingerprint density at radius 2 is 2.10 bits per heavy atom. The van der Waals surface area contributed by atoms with Crippen LogP contribution < -0.4 is 10.6 Å². The third-order valence-corrected chi connectivity index (χ3v) is 2.69. The van der Waals surface area contributed by atoms with Crippen LogP contribution in [0.1, 0.15) is 31.7 Å². The van der Waals surface area contributed by atoms with E-state index in [1.807, 2.05) is 24.3 Å². The first-order valence-electron chi connectivity index (χ1n) is 6.60. The lowest BCUT2D eigenvalue weighted by atomic mass is 10.2. The number of nitrogens with zero attached hydrogens (tertiary/aromatic N) is 2. The summed E-state index contributed by atoms with van der Waals surface area (Å²) in [6.07, 6.45) is 1.74. The summed E-state index contributed by atoms with van der Waals surface area (Å²) in [5.41, 5.74) is 1.73. The van der Waals surface area contributed by atoms with E-state index in [0.29, 0.717) is 18.5 Å². The molecular formula is C14H18N4O2. The monoisotopic (exact) mass is 274 g/mol. The lowest BCUT2D eigenvalue weighted by Crippen LogP contribution is -2.10. The lowest BCUT2D eigenvalue weighted by Gasteiger charge is -2.09. The number of aryl methyl sites for hydroxylation is 1. The van der Waals surface area contributed by atoms with Gasteiger partial charge in [0.15, 0.2) is 0 Å². The average molecular weight is 274 g/mol. The highest BCUT2D eigenvalue weighted by atomic mass is 16.4. The van der Waals surface area contributed by atoms with Gasteiger partial charge in [-0.2, -0.15) is 0 Å². The molecule has 0 spiro atoms. The fourth-order valence-electron chi connectivity index (χ4n) is 1.80. The topological polar surface area (TPSA) is 80.0 Å². The van der Waals surface area contributed by atoms with Crippen molar-refractivity contribution in [2.24, 2.45) is 0 Å². The number of amides is 1. The van der Waals surface area contributed by atoms with E-state index >= 15 is 0 Å². The molecule has 0 radical (unpaired) electrons. The summed E-state index contributed by atoms with van der Waals surface area (Å²) >= 11 is 0. The smallest absolute Gasteiger partial charge is 0.315 e. The van der Waals surface area contributed by atoms with Gasteiger partial charge in [-0.15, -0.1) is 5.10 Å². The van der Waals surface area contributed by atoms with Crippen LogP contribution >= 0.6 is 0 Å². The van der Waals surface area contributed by atoms with Gasteiger partial charge in [-0.25, -0.2) is 0 Å². The van der Waals surface area contributed by atoms with Crippen molar-refractivity contribution in [1.29, 1.82) is 0 Å². The third-order valence-electron chi connectivity index (χ3n) is 2.69. The summed E-state index contributed by atoms with van der Waals surface area (Å²) in [5, 5.41) is 13.7. The molecule has 0 bridgehead atoms. The summed E-state index contributed by atoms with van der Waals surface area (Å²) in [5.74, 6) is 0.533. The van der Waals surface area contributed by atoms with E-state index in [1.54, 1.807) is 0 Å². The number of rotatable bonds is 6. The molecule has 6 heteroatoms. The Bertz CT molecular complexity index is 580. The SMILES string of the molecule is CCCc1nnc(NCc2ccccc2NC(C)=O)o1. The molecule has 2 N–H and O–H groups in total. The molecule has 0 unspecified atom stereocenters. The second-order valence-electron chi connectivity index (χ2n) is 4.44. The van der Waals surface area contributed by atoms with Gasteiger partial charge >= 0.3 is 6.01 Å². The second kappa shape index (κ2) is 6.70. The molecule has 1 aromatic heterocycles. The Hall–Kier alpha value is -2.37. The molecule has 1 amide bonds. The molecule has 2 rings (SSSR count). The summed E-state index contributed by atoms with van der Waals surface area (Å²) in [7, 11) is 0. The lowest BCUT2D eigenvalue weighted by molar-refractivity contribution is -0.114. The van der Waals surface area contributed by atoms with Crippen molar-refractivity contribution in [3.8, 4) is 0 Å². The van der Waals surface area contributed by atoms with Gasteiger partial charge in [0, 0.05) is 25.6 Å². The van der Waals surface area contributed by atoms with E-state index in [9.17, 15) is 4.79 Å². The molecule has 0 atom stereocenters. The van der Waals surface area contributed by atoms with Crippen molar-refractivity contribution in [2.45, 2.75) is 33.2 Å². The Morgan fingerprint density at radius 3 is 2.85 bits per heavy atom. The van der Waals surface area contributed by atoms with Crippen LogP contribution in [0.25, 0.3) is 0 Å². The number of para-hydroxylation sites is 1. The number of aromatic nitrogens is 2. The zero-order valence-corrected chi connectivity index (χ0v) is 11.6. The number of hydrogen-bond acceptors (Lipinski definition) is 5. The summed E-state index contributed by atoms with van der Waals surface area (Å²) in [4.78, 5) is 11.1. The second-order valence-corrected chi connectivity index (χ2v) is 4.44. The van der Waals surface area contributed by atoms with E-state index in [1.165, 1.54) is 6.92 Å². The molecule has 2 aromatic rings. The number of nitrogens with one attached hydrogen (secondary N) is 2. The van der Waals surface area contributed by atoms with Crippen molar-refractivity contribution >= 4 is 17.6 Å². The number of benzene rings is 1. The highest BCUT2D eigenvalue weighted by Crippen LogP contribution is 2.17. The Kier molecular flexibility index (Phi) is 4.70. The van der Waals surface area contributed by atoms with Gasteiger partial charge in [-0.1, -0.05) is 30.2 Å². The first-order chi connectivity index (χ1) is 9.69. The van der Waals surface area contributed by atoms with Crippen molar-refractivity contribution in [3.63, 3.8) is 0 Å². The van der Waals surface area contributed by atoms with Crippen molar-refractivity contribution in [3.05, 3.63) is 35.7 Å². The van der Waals surface area contributed by atoms with E-state index in [4.69, 9.17) is 4.42 Å². The molecular weight excluding hydrogens is 256 g/mol. The van der Waals surface area contributed by atoms with Crippen molar-refractivity contribution in [2.75, 3.05) is 10.6 Å². The van der Waals surface area contributed by atoms with Crippen LogP contribution in [0, 0.1) is 0 Å². The molecule has 0 aliphatic heterocycles. The van der Waals surface area contributed by atoms with Gasteiger partial charge in [0.05, 0.1) is 0 Å². The predicted molar refractivity (Wildman–Crippen MR) is 76.4 cm³/mol. The van der Waals surface area contributed by atoms with E-state index in [0.717, 1.165) is 24.1 Å². The molecule has 0 aliphatic carbocycles. The van der Waals surface area contributed by atoms with Gasteiger partial charge < -0.3 is 15.1 Å². The summed E-state index contributed by atoms with van der Waals surface area (Å²) in [6.45, 7) is 4.05. The first-order valence-corrected chi connectivity index (χ1v) is 6.60. The van der Waals surface area contributed by atoms with E-state index < -0.39 is 0 Å². The van der Waals surface area contributed by atoms with Crippen LogP contribution in [0.3, 0.4) is 0 Å². The fourth-order valence-corrected chi connectivity index (χ4v) is 1.80. The maximum absolute atomic E-state index is 11.1. The Morgan fingerprint density at radius 1 is 1.30 bits per heavy atom. The van der Waals surface area contributed by atoms with Crippen LogP contribution in [0.15, 0.2) is 28.7 Å². The van der Waals surface area contributed by atoms with Crippen LogP contribution in [0.2, 0.25) is 0 Å². The minimum Gasteiger partial charge on any atom is -0.408 e. The average Bonchev–Trinajstić information content (AvgIpc) is 2.85. The Balaban J connectivity index is 2.00. The van der Waals surface area contributed by atoms with Gasteiger partial charge in [0.1, 0.15) is 0 Å². The van der Waals surface area contributed by atoms with Gasteiger partial charge in [-0.3, -0.25) is 4.79 Å². The predicted octanol–water partition coefficient (Wildman–Crippen LogP) is 2.59. The van der Waals surface area contributed by atoms with Crippen LogP contribution in [-0.4, -0.2) is 16.1 Å². The third kappa shape index (κ3) is 3.81. The maximum atomic E-state index is 11.1. The van der Waals surface area contributed by atoms with Gasteiger partial charge in [0.25, 0.3) is 0 Å². The van der Waals surface area contributed by atoms with Crippen LogP contribution in [0.5, 0.6) is 0 Å². The highest BCUT2D eigenvalue weighted by molar-refractivity contribution is 5.89. The standard InChI is InChI=1S/C14H18N4O2/c1-3-6-13-17-18-14(20-13)15-9-11-7-4-5-8-12(11)16-10(2)19/h4-5,7-8H,3,6,9H2,1-2H3,(H,15,18)(H,16,19). The minimum absolute atomic E-state index is 0.0968. The molecule has 6 nitrogen and oxygen atoms in total. The van der Waals surface area contributed by atoms with Gasteiger partial charge in [-0.05, 0) is 18.1 Å². The maximum Gasteiger partial charge on any atom is 0.315 e. The number of anilines is 2. The number of carbonyl (C=O) groups excluding carboxylic acids is 1. The fraction of sp³-hybridized carbons (Fsp3) is 0.357. The minimum atomic E-state index is -0.0968. The zero-order chi connectivity index (χ0) is 14.4. The summed E-state index contributed by atoms with van der Waals surface area (Å²) < 4.78 is 5.45. The molecule has 0 saturated carbocycles. The van der Waals surface area contributed by atoms with Crippen molar-refractivity contribution < 1.29 is 9.21 Å². The molecule has 20 heavy (non-hydrogen) atoms. The van der Waals surface area contributed by atoms with Crippen molar-refractivity contribution in [1.82, 2.24) is 10.2 Å². The largest absolute Gasteiger partial charge is 0.408 e. The number of carbonyl (C=O) groups is 1. The molecule has 0 saturated heterocycles. The first kappa shape index (κ1) is 14.0. The normalized spacial score (nSPS) is 10.3. The van der Waals surface area contributed by atoms with Crippen LogP contribution in [0.4, 0.5) is 11.7 Å². The van der Waals surface area contributed by atoms with Gasteiger partial charge in [0.2, 0.25) is 11.8 Å². The zero-order valence-electron chi connectivity index (χ0n) is 11.6.